The smallest absolute Gasteiger partial charge is 0.255 e. The van der Waals surface area contributed by atoms with Gasteiger partial charge in [-0.15, -0.1) is 0 Å². The lowest BCUT2D eigenvalue weighted by Crippen LogP contribution is -2.13. The Bertz CT molecular complexity index is 895. The lowest BCUT2D eigenvalue weighted by molar-refractivity contribution is 0.102. The molecule has 0 saturated carbocycles. The van der Waals surface area contributed by atoms with Gasteiger partial charge in [0, 0.05) is 18.0 Å². The van der Waals surface area contributed by atoms with Gasteiger partial charge in [-0.3, -0.25) is 4.79 Å². The molecule has 1 heterocycles. The van der Waals surface area contributed by atoms with Gasteiger partial charge in [-0.1, -0.05) is 12.1 Å². The Labute approximate surface area is 132 Å². The van der Waals surface area contributed by atoms with Gasteiger partial charge in [0.25, 0.3) is 5.91 Å². The van der Waals surface area contributed by atoms with Crippen molar-refractivity contribution in [3.63, 3.8) is 0 Å². The van der Waals surface area contributed by atoms with E-state index in [0.29, 0.717) is 16.9 Å². The molecule has 0 bridgehead atoms. The van der Waals surface area contributed by atoms with Crippen molar-refractivity contribution in [2.45, 2.75) is 0 Å². The number of hydrogen-bond donors (Lipinski definition) is 1. The summed E-state index contributed by atoms with van der Waals surface area (Å²) in [5, 5.41) is 11.6. The first kappa shape index (κ1) is 14.5. The van der Waals surface area contributed by atoms with E-state index in [0.717, 1.165) is 0 Å². The summed E-state index contributed by atoms with van der Waals surface area (Å²) in [7, 11) is 0. The zero-order chi connectivity index (χ0) is 16.2. The lowest BCUT2D eigenvalue weighted by atomic mass is 10.1. The predicted octanol–water partition coefficient (Wildman–Crippen LogP) is 3.74. The van der Waals surface area contributed by atoms with Crippen LogP contribution < -0.4 is 5.32 Å². The van der Waals surface area contributed by atoms with Crippen LogP contribution in [0.3, 0.4) is 0 Å². The van der Waals surface area contributed by atoms with Crippen LogP contribution in [0, 0.1) is 17.1 Å². The largest absolute Gasteiger partial charge is 0.321 e. The lowest BCUT2D eigenvalue weighted by Gasteiger charge is -2.09. The van der Waals surface area contributed by atoms with E-state index < -0.39 is 11.7 Å². The third-order valence-corrected chi connectivity index (χ3v) is 3.39. The Morgan fingerprint density at radius 2 is 1.83 bits per heavy atom. The Kier molecular flexibility index (Phi) is 3.89. The second-order valence-corrected chi connectivity index (χ2v) is 4.87. The van der Waals surface area contributed by atoms with Gasteiger partial charge in [-0.2, -0.15) is 5.26 Å². The van der Waals surface area contributed by atoms with Crippen molar-refractivity contribution in [1.82, 2.24) is 4.57 Å². The van der Waals surface area contributed by atoms with Gasteiger partial charge in [0.15, 0.2) is 0 Å². The number of nitrogens with zero attached hydrogens (tertiary/aromatic N) is 2. The first-order valence-corrected chi connectivity index (χ1v) is 6.92. The van der Waals surface area contributed by atoms with Gasteiger partial charge in [0.05, 0.1) is 16.9 Å². The number of nitrogens with one attached hydrogen (secondary N) is 1. The molecule has 112 valence electrons. The molecule has 23 heavy (non-hydrogen) atoms. The molecular formula is C18H12FN3O. The van der Waals surface area contributed by atoms with Crippen molar-refractivity contribution in [3.8, 4) is 11.8 Å². The van der Waals surface area contributed by atoms with Crippen LogP contribution in [0.1, 0.15) is 15.9 Å². The number of nitriles is 1. The SMILES string of the molecule is N#Cc1ccccc1NC(=O)c1ccc(-n2cccc2)c(F)c1. The zero-order valence-corrected chi connectivity index (χ0v) is 12.0. The quantitative estimate of drug-likeness (QED) is 0.801. The number of aromatic nitrogens is 1. The second kappa shape index (κ2) is 6.16. The molecule has 0 fully saturated rings. The van der Waals surface area contributed by atoms with E-state index in [9.17, 15) is 9.18 Å². The van der Waals surface area contributed by atoms with Gasteiger partial charge < -0.3 is 9.88 Å². The van der Waals surface area contributed by atoms with Crippen molar-refractivity contribution in [1.29, 1.82) is 5.26 Å². The Morgan fingerprint density at radius 1 is 1.09 bits per heavy atom. The van der Waals surface area contributed by atoms with Crippen molar-refractivity contribution in [2.24, 2.45) is 0 Å². The number of hydrogen-bond acceptors (Lipinski definition) is 2. The molecule has 2 aromatic carbocycles. The molecule has 1 N–H and O–H groups in total. The summed E-state index contributed by atoms with van der Waals surface area (Å²) in [5.74, 6) is -0.965. The van der Waals surface area contributed by atoms with E-state index in [2.05, 4.69) is 5.32 Å². The minimum Gasteiger partial charge on any atom is -0.321 e. The van der Waals surface area contributed by atoms with E-state index >= 15 is 0 Å². The van der Waals surface area contributed by atoms with Crippen molar-refractivity contribution in [2.75, 3.05) is 5.32 Å². The second-order valence-electron chi connectivity index (χ2n) is 4.87. The van der Waals surface area contributed by atoms with Crippen LogP contribution >= 0.6 is 0 Å². The molecular weight excluding hydrogens is 293 g/mol. The van der Waals surface area contributed by atoms with E-state index in [1.165, 1.54) is 6.07 Å². The van der Waals surface area contributed by atoms with Crippen LogP contribution in [-0.2, 0) is 0 Å². The number of anilines is 1. The normalized spacial score (nSPS) is 10.1. The van der Waals surface area contributed by atoms with E-state index in [-0.39, 0.29) is 5.56 Å². The molecule has 4 nitrogen and oxygen atoms in total. The molecule has 5 heteroatoms. The third-order valence-electron chi connectivity index (χ3n) is 3.39. The molecule has 3 rings (SSSR count). The Morgan fingerprint density at radius 3 is 2.52 bits per heavy atom. The average molecular weight is 305 g/mol. The summed E-state index contributed by atoms with van der Waals surface area (Å²) >= 11 is 0. The number of carbonyl (C=O) groups excluding carboxylic acids is 1. The fraction of sp³-hybridized carbons (Fsp3) is 0. The average Bonchev–Trinajstić information content (AvgIpc) is 3.09. The summed E-state index contributed by atoms with van der Waals surface area (Å²) in [6.45, 7) is 0. The van der Waals surface area contributed by atoms with Gasteiger partial charge >= 0.3 is 0 Å². The highest BCUT2D eigenvalue weighted by atomic mass is 19.1. The summed E-state index contributed by atoms with van der Waals surface area (Å²) in [6.07, 6.45) is 3.45. The molecule has 3 aromatic rings. The standard InChI is InChI=1S/C18H12FN3O/c19-15-11-13(7-8-17(15)22-9-3-4-10-22)18(23)21-16-6-2-1-5-14(16)12-20/h1-11H,(H,21,23). The van der Waals surface area contributed by atoms with Crippen LogP contribution in [0.25, 0.3) is 5.69 Å². The van der Waals surface area contributed by atoms with Crippen molar-refractivity contribution in [3.05, 3.63) is 83.9 Å². The van der Waals surface area contributed by atoms with Gasteiger partial charge in [-0.25, -0.2) is 4.39 Å². The maximum Gasteiger partial charge on any atom is 0.255 e. The molecule has 0 atom stereocenters. The fourth-order valence-electron chi connectivity index (χ4n) is 2.24. The van der Waals surface area contributed by atoms with Crippen LogP contribution in [0.2, 0.25) is 0 Å². The Hall–Kier alpha value is -3.39. The summed E-state index contributed by atoms with van der Waals surface area (Å²) in [6, 6.07) is 16.5. The van der Waals surface area contributed by atoms with E-state index in [1.807, 2.05) is 6.07 Å². The molecule has 0 aliphatic carbocycles. The minimum atomic E-state index is -0.498. The van der Waals surface area contributed by atoms with Gasteiger partial charge in [-0.05, 0) is 42.5 Å². The van der Waals surface area contributed by atoms with Gasteiger partial charge in [0.2, 0.25) is 0 Å². The number of para-hydroxylation sites is 1. The Balaban J connectivity index is 1.86. The highest BCUT2D eigenvalue weighted by molar-refractivity contribution is 6.05. The van der Waals surface area contributed by atoms with E-state index in [1.54, 1.807) is 65.5 Å². The number of amides is 1. The topological polar surface area (TPSA) is 57.8 Å². The van der Waals surface area contributed by atoms with Crippen LogP contribution in [0.5, 0.6) is 0 Å². The maximum absolute atomic E-state index is 14.2. The van der Waals surface area contributed by atoms with E-state index in [4.69, 9.17) is 5.26 Å². The molecule has 0 aliphatic heterocycles. The van der Waals surface area contributed by atoms with Crippen LogP contribution in [-0.4, -0.2) is 10.5 Å². The monoisotopic (exact) mass is 305 g/mol. The number of carbonyl (C=O) groups is 1. The molecule has 0 unspecified atom stereocenters. The molecule has 0 saturated heterocycles. The third kappa shape index (κ3) is 2.97. The highest BCUT2D eigenvalue weighted by Gasteiger charge is 2.12. The van der Waals surface area contributed by atoms with Crippen LogP contribution in [0.15, 0.2) is 67.0 Å². The summed E-state index contributed by atoms with van der Waals surface area (Å²) < 4.78 is 15.8. The summed E-state index contributed by atoms with van der Waals surface area (Å²) in [4.78, 5) is 12.2. The fourth-order valence-corrected chi connectivity index (χ4v) is 2.24. The number of rotatable bonds is 3. The molecule has 0 radical (unpaired) electrons. The van der Waals surface area contributed by atoms with Crippen molar-refractivity contribution >= 4 is 11.6 Å². The zero-order valence-electron chi connectivity index (χ0n) is 12.0. The van der Waals surface area contributed by atoms with Crippen LogP contribution in [0.4, 0.5) is 10.1 Å². The first-order chi connectivity index (χ1) is 11.2. The highest BCUT2D eigenvalue weighted by Crippen LogP contribution is 2.18. The molecule has 0 aliphatic rings. The molecule has 0 spiro atoms. The maximum atomic E-state index is 14.2. The molecule has 1 amide bonds. The van der Waals surface area contributed by atoms with Crippen molar-refractivity contribution < 1.29 is 9.18 Å². The minimum absolute atomic E-state index is 0.186. The first-order valence-electron chi connectivity index (χ1n) is 6.92. The predicted molar refractivity (Wildman–Crippen MR) is 84.8 cm³/mol. The summed E-state index contributed by atoms with van der Waals surface area (Å²) in [5.41, 5.74) is 1.30. The number of benzene rings is 2. The molecule has 1 aromatic heterocycles. The van der Waals surface area contributed by atoms with Gasteiger partial charge in [0.1, 0.15) is 11.9 Å². The number of halogens is 1.